The van der Waals surface area contributed by atoms with Crippen LogP contribution in [0.2, 0.25) is 0 Å². The largest absolute Gasteiger partial charge is 0.198 e. The Morgan fingerprint density at radius 2 is 1.40 bits per heavy atom. The molecular weight excluding hydrogens is 182 g/mol. The van der Waals surface area contributed by atoms with Crippen LogP contribution in [0.3, 0.4) is 0 Å². The Kier molecular flexibility index (Phi) is 1.94. The molecule has 0 N–H and O–H groups in total. The highest BCUT2D eigenvalue weighted by Gasteiger charge is 2.52. The summed E-state index contributed by atoms with van der Waals surface area (Å²) >= 11 is 0. The lowest BCUT2D eigenvalue weighted by Crippen LogP contribution is -2.49. The number of hydrogen-bond acceptors (Lipinski definition) is 1. The van der Waals surface area contributed by atoms with Gasteiger partial charge in [0.05, 0.1) is 11.5 Å². The van der Waals surface area contributed by atoms with Gasteiger partial charge in [0.15, 0.2) is 0 Å². The predicted octanol–water partition coefficient (Wildman–Crippen LogP) is 3.61. The van der Waals surface area contributed by atoms with Gasteiger partial charge in [0.1, 0.15) is 0 Å². The molecular formula is C14H21N. The van der Waals surface area contributed by atoms with E-state index in [-0.39, 0.29) is 5.41 Å². The molecule has 0 aliphatic heterocycles. The van der Waals surface area contributed by atoms with Crippen molar-refractivity contribution in [2.45, 2.75) is 46.0 Å². The molecule has 0 amide bonds. The van der Waals surface area contributed by atoms with Gasteiger partial charge < -0.3 is 0 Å². The van der Waals surface area contributed by atoms with E-state index in [2.05, 4.69) is 19.9 Å². The highest BCUT2D eigenvalue weighted by atomic mass is 14.6. The summed E-state index contributed by atoms with van der Waals surface area (Å²) in [5, 5.41) is 9.33. The van der Waals surface area contributed by atoms with Crippen LogP contribution >= 0.6 is 0 Å². The first-order chi connectivity index (χ1) is 7.10. The molecule has 0 spiro atoms. The van der Waals surface area contributed by atoms with Crippen LogP contribution in [0.5, 0.6) is 0 Å². The van der Waals surface area contributed by atoms with Crippen molar-refractivity contribution in [2.24, 2.45) is 35.0 Å². The van der Waals surface area contributed by atoms with Crippen LogP contribution in [-0.2, 0) is 0 Å². The molecule has 4 aliphatic carbocycles. The van der Waals surface area contributed by atoms with Crippen LogP contribution in [0, 0.1) is 46.3 Å². The molecule has 15 heavy (non-hydrogen) atoms. The van der Waals surface area contributed by atoms with Gasteiger partial charge >= 0.3 is 0 Å². The fourth-order valence-electron chi connectivity index (χ4n) is 5.18. The monoisotopic (exact) mass is 203 g/mol. The van der Waals surface area contributed by atoms with Crippen LogP contribution in [0.1, 0.15) is 46.0 Å². The van der Waals surface area contributed by atoms with Gasteiger partial charge in [-0.1, -0.05) is 0 Å². The second kappa shape index (κ2) is 3.00. The molecule has 4 saturated carbocycles. The van der Waals surface area contributed by atoms with E-state index < -0.39 is 0 Å². The lowest BCUT2D eigenvalue weighted by molar-refractivity contribution is -0.0713. The van der Waals surface area contributed by atoms with Gasteiger partial charge in [0.25, 0.3) is 0 Å². The number of nitrogens with zero attached hydrogens (tertiary/aromatic N) is 1. The van der Waals surface area contributed by atoms with Gasteiger partial charge in [-0.2, -0.15) is 5.26 Å². The standard InChI is InChI=1S/C14H21N/c1-14(2,8-15)13-11-4-9-3-10(6-11)7-12(13)5-9/h9-13H,3-7H2,1-2H3. The Labute approximate surface area is 92.9 Å². The lowest BCUT2D eigenvalue weighted by Gasteiger charge is -2.57. The maximum absolute atomic E-state index is 9.33. The zero-order valence-corrected chi connectivity index (χ0v) is 9.87. The minimum absolute atomic E-state index is 0.0807. The van der Waals surface area contributed by atoms with Crippen LogP contribution < -0.4 is 0 Å². The molecule has 4 fully saturated rings. The quantitative estimate of drug-likeness (QED) is 0.638. The SMILES string of the molecule is CC(C)(C#N)C1C2CC3CC(C2)CC1C3. The highest BCUT2D eigenvalue weighted by molar-refractivity contribution is 5.08. The van der Waals surface area contributed by atoms with E-state index >= 15 is 0 Å². The van der Waals surface area contributed by atoms with Crippen molar-refractivity contribution in [1.82, 2.24) is 0 Å². The average Bonchev–Trinajstić information content (AvgIpc) is 2.15. The van der Waals surface area contributed by atoms with Gasteiger partial charge in [0, 0.05) is 0 Å². The maximum Gasteiger partial charge on any atom is 0.0687 e. The van der Waals surface area contributed by atoms with Crippen molar-refractivity contribution in [3.63, 3.8) is 0 Å². The number of rotatable bonds is 1. The summed E-state index contributed by atoms with van der Waals surface area (Å²) in [4.78, 5) is 0. The Morgan fingerprint density at radius 1 is 0.933 bits per heavy atom. The summed E-state index contributed by atoms with van der Waals surface area (Å²) in [5.41, 5.74) is -0.0807. The molecule has 0 radical (unpaired) electrons. The number of nitriles is 1. The maximum atomic E-state index is 9.33. The summed E-state index contributed by atoms with van der Waals surface area (Å²) in [6.07, 6.45) is 7.24. The zero-order valence-electron chi connectivity index (χ0n) is 9.87. The van der Waals surface area contributed by atoms with Crippen molar-refractivity contribution in [3.8, 4) is 6.07 Å². The summed E-state index contributed by atoms with van der Waals surface area (Å²) < 4.78 is 0. The second-order valence-corrected chi connectivity index (χ2v) is 6.79. The van der Waals surface area contributed by atoms with Crippen molar-refractivity contribution in [1.29, 1.82) is 5.26 Å². The molecule has 4 aliphatic rings. The third-order valence-electron chi connectivity index (χ3n) is 5.35. The van der Waals surface area contributed by atoms with Gasteiger partial charge in [-0.05, 0) is 75.5 Å². The summed E-state index contributed by atoms with van der Waals surface area (Å²) in [7, 11) is 0. The smallest absolute Gasteiger partial charge is 0.0687 e. The second-order valence-electron chi connectivity index (χ2n) is 6.79. The van der Waals surface area contributed by atoms with Crippen molar-refractivity contribution in [2.75, 3.05) is 0 Å². The molecule has 0 aromatic rings. The Hall–Kier alpha value is -0.510. The molecule has 0 aromatic heterocycles. The van der Waals surface area contributed by atoms with Crippen molar-refractivity contribution >= 4 is 0 Å². The van der Waals surface area contributed by atoms with Gasteiger partial charge in [-0.25, -0.2) is 0 Å². The third-order valence-corrected chi connectivity index (χ3v) is 5.35. The van der Waals surface area contributed by atoms with E-state index in [4.69, 9.17) is 0 Å². The van der Waals surface area contributed by atoms with Crippen molar-refractivity contribution in [3.05, 3.63) is 0 Å². The summed E-state index contributed by atoms with van der Waals surface area (Å²) in [5.74, 6) is 4.53. The topological polar surface area (TPSA) is 23.8 Å². The number of hydrogen-bond donors (Lipinski definition) is 0. The molecule has 1 heteroatoms. The van der Waals surface area contributed by atoms with Gasteiger partial charge in [-0.15, -0.1) is 0 Å². The van der Waals surface area contributed by atoms with E-state index in [1.54, 1.807) is 0 Å². The third kappa shape index (κ3) is 1.34. The first-order valence-electron chi connectivity index (χ1n) is 6.51. The first kappa shape index (κ1) is 9.70. The fraction of sp³-hybridized carbons (Fsp3) is 0.929. The summed E-state index contributed by atoms with van der Waals surface area (Å²) in [6.45, 7) is 4.33. The fourth-order valence-corrected chi connectivity index (χ4v) is 5.18. The minimum atomic E-state index is -0.0807. The molecule has 0 saturated heterocycles. The van der Waals surface area contributed by atoms with E-state index in [9.17, 15) is 5.26 Å². The molecule has 0 unspecified atom stereocenters. The molecule has 4 rings (SSSR count). The van der Waals surface area contributed by atoms with Crippen LogP contribution in [0.25, 0.3) is 0 Å². The highest BCUT2D eigenvalue weighted by Crippen LogP contribution is 2.60. The molecule has 4 bridgehead atoms. The van der Waals surface area contributed by atoms with Gasteiger partial charge in [-0.3, -0.25) is 0 Å². The lowest BCUT2D eigenvalue weighted by atomic mass is 9.47. The Bertz CT molecular complexity index is 282. The minimum Gasteiger partial charge on any atom is -0.198 e. The molecule has 1 nitrogen and oxygen atoms in total. The van der Waals surface area contributed by atoms with E-state index in [0.717, 1.165) is 23.7 Å². The van der Waals surface area contributed by atoms with Crippen LogP contribution in [-0.4, -0.2) is 0 Å². The molecule has 0 atom stereocenters. The van der Waals surface area contributed by atoms with E-state index in [0.29, 0.717) is 5.92 Å². The Morgan fingerprint density at radius 3 is 1.80 bits per heavy atom. The summed E-state index contributed by atoms with van der Waals surface area (Å²) in [6, 6.07) is 2.57. The Balaban J connectivity index is 1.90. The van der Waals surface area contributed by atoms with Gasteiger partial charge in [0.2, 0.25) is 0 Å². The van der Waals surface area contributed by atoms with Crippen LogP contribution in [0.15, 0.2) is 0 Å². The van der Waals surface area contributed by atoms with E-state index in [1.807, 2.05) is 0 Å². The first-order valence-corrected chi connectivity index (χ1v) is 6.51. The zero-order chi connectivity index (χ0) is 10.6. The molecule has 82 valence electrons. The molecule has 0 heterocycles. The average molecular weight is 203 g/mol. The normalized spacial score (nSPS) is 47.9. The van der Waals surface area contributed by atoms with Crippen LogP contribution in [0.4, 0.5) is 0 Å². The molecule has 0 aromatic carbocycles. The van der Waals surface area contributed by atoms with Crippen molar-refractivity contribution < 1.29 is 0 Å². The predicted molar refractivity (Wildman–Crippen MR) is 59.9 cm³/mol. The van der Waals surface area contributed by atoms with E-state index in [1.165, 1.54) is 32.1 Å².